The van der Waals surface area contributed by atoms with E-state index in [4.69, 9.17) is 5.26 Å². The Labute approximate surface area is 78.5 Å². The molecule has 0 saturated carbocycles. The first-order chi connectivity index (χ1) is 6.34. The van der Waals surface area contributed by atoms with E-state index in [0.717, 1.165) is 32.5 Å². The normalized spacial score (nSPS) is 17.2. The number of piperazine rings is 1. The first-order valence-electron chi connectivity index (χ1n) is 4.70. The van der Waals surface area contributed by atoms with E-state index < -0.39 is 0 Å². The van der Waals surface area contributed by atoms with E-state index in [0.29, 0.717) is 13.0 Å². The van der Waals surface area contributed by atoms with Gasteiger partial charge in [0.25, 0.3) is 0 Å². The van der Waals surface area contributed by atoms with Gasteiger partial charge in [-0.1, -0.05) is 0 Å². The number of nitrogens with one attached hydrogen (secondary N) is 1. The molecule has 1 N–H and O–H groups in total. The van der Waals surface area contributed by atoms with Gasteiger partial charge in [0.05, 0.1) is 12.6 Å². The van der Waals surface area contributed by atoms with Crippen LogP contribution in [0.3, 0.4) is 0 Å². The Hall–Kier alpha value is -1.08. The minimum absolute atomic E-state index is 0.184. The molecule has 0 aliphatic carbocycles. The molecule has 13 heavy (non-hydrogen) atoms. The van der Waals surface area contributed by atoms with Crippen LogP contribution >= 0.6 is 0 Å². The van der Waals surface area contributed by atoms with Gasteiger partial charge in [0.1, 0.15) is 0 Å². The summed E-state index contributed by atoms with van der Waals surface area (Å²) in [4.78, 5) is 13.1. The molecule has 1 fully saturated rings. The number of carbonyl (C=O) groups is 1. The van der Waals surface area contributed by atoms with Crippen LogP contribution < -0.4 is 5.32 Å². The minimum Gasteiger partial charge on any atom is -0.340 e. The lowest BCUT2D eigenvalue weighted by Gasteiger charge is -2.27. The van der Waals surface area contributed by atoms with Crippen molar-refractivity contribution in [2.45, 2.75) is 19.3 Å². The predicted molar refractivity (Wildman–Crippen MR) is 48.9 cm³/mol. The summed E-state index contributed by atoms with van der Waals surface area (Å²) in [7, 11) is 0. The van der Waals surface area contributed by atoms with E-state index in [1.54, 1.807) is 0 Å². The summed E-state index contributed by atoms with van der Waals surface area (Å²) in [5.74, 6) is 0.184. The molecule has 0 spiro atoms. The zero-order valence-electron chi connectivity index (χ0n) is 7.75. The molecule has 4 nitrogen and oxygen atoms in total. The van der Waals surface area contributed by atoms with Crippen molar-refractivity contribution in [2.24, 2.45) is 0 Å². The van der Waals surface area contributed by atoms with Crippen LogP contribution in [-0.2, 0) is 4.79 Å². The highest BCUT2D eigenvalue weighted by Gasteiger charge is 2.16. The third-order valence-electron chi connectivity index (χ3n) is 2.15. The highest BCUT2D eigenvalue weighted by molar-refractivity contribution is 5.78. The summed E-state index contributed by atoms with van der Waals surface area (Å²) in [5, 5.41) is 11.3. The third-order valence-corrected chi connectivity index (χ3v) is 2.15. The summed E-state index contributed by atoms with van der Waals surface area (Å²) in [6.07, 6.45) is 2.44. The Bertz CT molecular complexity index is 209. The largest absolute Gasteiger partial charge is 0.340 e. The molecule has 1 saturated heterocycles. The topological polar surface area (TPSA) is 56.1 Å². The molecule has 4 heteroatoms. The lowest BCUT2D eigenvalue weighted by atomic mass is 10.2. The molecule has 0 bridgehead atoms. The highest BCUT2D eigenvalue weighted by atomic mass is 16.2. The molecule has 1 rings (SSSR count). The number of amides is 1. The van der Waals surface area contributed by atoms with Gasteiger partial charge in [-0.15, -0.1) is 0 Å². The lowest BCUT2D eigenvalue weighted by molar-refractivity contribution is -0.131. The van der Waals surface area contributed by atoms with Crippen molar-refractivity contribution in [3.8, 4) is 6.07 Å². The first kappa shape index (κ1) is 10.0. The van der Waals surface area contributed by atoms with Crippen LogP contribution in [0.1, 0.15) is 19.3 Å². The van der Waals surface area contributed by atoms with Crippen molar-refractivity contribution in [1.82, 2.24) is 10.2 Å². The van der Waals surface area contributed by atoms with Crippen LogP contribution in [0, 0.1) is 11.3 Å². The molecule has 1 aliphatic rings. The average molecular weight is 181 g/mol. The molecule has 0 aromatic heterocycles. The van der Waals surface area contributed by atoms with Gasteiger partial charge < -0.3 is 10.2 Å². The van der Waals surface area contributed by atoms with Gasteiger partial charge in [-0.3, -0.25) is 4.79 Å². The fourth-order valence-electron chi connectivity index (χ4n) is 1.39. The second kappa shape index (κ2) is 5.55. The van der Waals surface area contributed by atoms with E-state index in [9.17, 15) is 4.79 Å². The fourth-order valence-corrected chi connectivity index (χ4v) is 1.39. The van der Waals surface area contributed by atoms with Gasteiger partial charge in [-0.05, 0) is 12.8 Å². The van der Waals surface area contributed by atoms with E-state index >= 15 is 0 Å². The number of carbonyl (C=O) groups excluding carboxylic acids is 1. The van der Waals surface area contributed by atoms with Crippen LogP contribution in [0.15, 0.2) is 0 Å². The van der Waals surface area contributed by atoms with E-state index in [1.807, 2.05) is 4.90 Å². The van der Waals surface area contributed by atoms with Crippen molar-refractivity contribution in [3.05, 3.63) is 0 Å². The predicted octanol–water partition coefficient (Wildman–Crippen LogP) is 0.112. The molecular formula is C9H15N3O. The molecule has 1 heterocycles. The Balaban J connectivity index is 2.12. The van der Waals surface area contributed by atoms with Gasteiger partial charge in [0.15, 0.2) is 0 Å². The minimum atomic E-state index is 0.184. The first-order valence-corrected chi connectivity index (χ1v) is 4.70. The molecule has 72 valence electrons. The molecule has 1 amide bonds. The third kappa shape index (κ3) is 3.43. The quantitative estimate of drug-likeness (QED) is 0.626. The summed E-state index contributed by atoms with van der Waals surface area (Å²) < 4.78 is 0. The standard InChI is InChI=1S/C9H15N3O/c10-4-2-1-3-6-12-7-5-11-8-9(12)13/h11H,1-3,5-8H2. The number of rotatable bonds is 4. The van der Waals surface area contributed by atoms with Crippen LogP contribution in [0.2, 0.25) is 0 Å². The Kier molecular flexibility index (Phi) is 4.27. The van der Waals surface area contributed by atoms with Crippen LogP contribution in [0.4, 0.5) is 0 Å². The van der Waals surface area contributed by atoms with Gasteiger partial charge in [0.2, 0.25) is 5.91 Å². The monoisotopic (exact) mass is 181 g/mol. The van der Waals surface area contributed by atoms with Crippen molar-refractivity contribution in [3.63, 3.8) is 0 Å². The highest BCUT2D eigenvalue weighted by Crippen LogP contribution is 2.00. The Morgan fingerprint density at radius 1 is 1.54 bits per heavy atom. The van der Waals surface area contributed by atoms with Crippen LogP contribution in [-0.4, -0.2) is 37.0 Å². The van der Waals surface area contributed by atoms with Gasteiger partial charge in [-0.25, -0.2) is 0 Å². The maximum Gasteiger partial charge on any atom is 0.236 e. The molecule has 0 unspecified atom stereocenters. The van der Waals surface area contributed by atoms with Crippen molar-refractivity contribution < 1.29 is 4.79 Å². The summed E-state index contributed by atoms with van der Waals surface area (Å²) in [6, 6.07) is 2.10. The summed E-state index contributed by atoms with van der Waals surface area (Å²) in [6.45, 7) is 2.98. The molecule has 0 aromatic rings. The molecule has 0 radical (unpaired) electrons. The number of nitrogens with zero attached hydrogens (tertiary/aromatic N) is 2. The van der Waals surface area contributed by atoms with Crippen LogP contribution in [0.25, 0.3) is 0 Å². The SMILES string of the molecule is N#CCCCCN1CCNCC1=O. The maximum absolute atomic E-state index is 11.3. The smallest absolute Gasteiger partial charge is 0.236 e. The van der Waals surface area contributed by atoms with Crippen molar-refractivity contribution in [1.29, 1.82) is 5.26 Å². The fraction of sp³-hybridized carbons (Fsp3) is 0.778. The zero-order chi connectivity index (χ0) is 9.52. The second-order valence-corrected chi connectivity index (χ2v) is 3.17. The van der Waals surface area contributed by atoms with Gasteiger partial charge in [0, 0.05) is 26.1 Å². The van der Waals surface area contributed by atoms with Gasteiger partial charge >= 0.3 is 0 Å². The molecule has 1 aliphatic heterocycles. The molecular weight excluding hydrogens is 166 g/mol. The number of unbranched alkanes of at least 4 members (excludes halogenated alkanes) is 2. The lowest BCUT2D eigenvalue weighted by Crippen LogP contribution is -2.48. The van der Waals surface area contributed by atoms with Crippen molar-refractivity contribution >= 4 is 5.91 Å². The molecule has 0 aromatic carbocycles. The summed E-state index contributed by atoms with van der Waals surface area (Å²) in [5.41, 5.74) is 0. The molecule has 0 atom stereocenters. The Morgan fingerprint density at radius 2 is 2.38 bits per heavy atom. The average Bonchev–Trinajstić information content (AvgIpc) is 2.15. The number of hydrogen-bond acceptors (Lipinski definition) is 3. The second-order valence-electron chi connectivity index (χ2n) is 3.17. The van der Waals surface area contributed by atoms with Crippen LogP contribution in [0.5, 0.6) is 0 Å². The van der Waals surface area contributed by atoms with E-state index in [-0.39, 0.29) is 5.91 Å². The van der Waals surface area contributed by atoms with E-state index in [1.165, 1.54) is 0 Å². The number of nitriles is 1. The zero-order valence-corrected chi connectivity index (χ0v) is 7.75. The van der Waals surface area contributed by atoms with E-state index in [2.05, 4.69) is 11.4 Å². The van der Waals surface area contributed by atoms with Crippen molar-refractivity contribution in [2.75, 3.05) is 26.2 Å². The Morgan fingerprint density at radius 3 is 3.08 bits per heavy atom. The van der Waals surface area contributed by atoms with Gasteiger partial charge in [-0.2, -0.15) is 5.26 Å². The summed E-state index contributed by atoms with van der Waals surface area (Å²) >= 11 is 0. The maximum atomic E-state index is 11.3. The number of hydrogen-bond donors (Lipinski definition) is 1.